The Bertz CT molecular complexity index is 1380. The zero-order chi connectivity index (χ0) is 28.6. The van der Waals surface area contributed by atoms with Crippen molar-refractivity contribution in [3.05, 3.63) is 81.0 Å². The lowest BCUT2D eigenvalue weighted by Crippen LogP contribution is -2.29. The second-order valence-corrected chi connectivity index (χ2v) is 10.4. The van der Waals surface area contributed by atoms with Crippen molar-refractivity contribution in [2.24, 2.45) is 0 Å². The second kappa shape index (κ2) is 10.7. The van der Waals surface area contributed by atoms with Gasteiger partial charge in [-0.3, -0.25) is 4.79 Å². The van der Waals surface area contributed by atoms with E-state index in [2.05, 4.69) is 10.3 Å². The van der Waals surface area contributed by atoms with E-state index >= 15 is 0 Å². The van der Waals surface area contributed by atoms with Crippen molar-refractivity contribution in [3.63, 3.8) is 0 Å². The van der Waals surface area contributed by atoms with Gasteiger partial charge in [-0.25, -0.2) is 9.78 Å². The number of aliphatic carboxylic acids is 1. The van der Waals surface area contributed by atoms with E-state index in [-0.39, 0.29) is 17.1 Å². The Morgan fingerprint density at radius 2 is 1.63 bits per heavy atom. The van der Waals surface area contributed by atoms with E-state index in [0.29, 0.717) is 27.3 Å². The summed E-state index contributed by atoms with van der Waals surface area (Å²) in [6, 6.07) is 9.90. The van der Waals surface area contributed by atoms with E-state index in [1.54, 1.807) is 65.8 Å². The van der Waals surface area contributed by atoms with Crippen LogP contribution in [0.2, 0.25) is 5.02 Å². The van der Waals surface area contributed by atoms with Crippen molar-refractivity contribution < 1.29 is 32.6 Å². The Labute approximate surface area is 223 Å². The number of benzene rings is 2. The number of hydrogen-bond acceptors (Lipinski definition) is 4. The number of alkyl halides is 3. The molecule has 1 atom stereocenters. The predicted molar refractivity (Wildman–Crippen MR) is 140 cm³/mol. The van der Waals surface area contributed by atoms with Crippen molar-refractivity contribution in [1.29, 1.82) is 0 Å². The minimum atomic E-state index is -4.74. The van der Waals surface area contributed by atoms with Gasteiger partial charge in [-0.2, -0.15) is 13.2 Å². The zero-order valence-electron chi connectivity index (χ0n) is 21.7. The maximum Gasteiger partial charge on any atom is 0.417 e. The van der Waals surface area contributed by atoms with Crippen LogP contribution >= 0.6 is 11.6 Å². The van der Waals surface area contributed by atoms with Crippen molar-refractivity contribution >= 4 is 29.3 Å². The van der Waals surface area contributed by atoms with Gasteiger partial charge in [-0.1, -0.05) is 35.4 Å². The van der Waals surface area contributed by atoms with E-state index < -0.39 is 40.9 Å². The van der Waals surface area contributed by atoms with E-state index in [1.165, 1.54) is 6.07 Å². The number of carbonyl (C=O) groups is 2. The third-order valence-electron chi connectivity index (χ3n) is 5.72. The molecule has 0 fully saturated rings. The average molecular weight is 549 g/mol. The molecule has 1 heterocycles. The Balaban J connectivity index is 2.23. The number of carbonyl (C=O) groups excluding carboxylic acids is 1. The van der Waals surface area contributed by atoms with Gasteiger partial charge in [0.25, 0.3) is 5.91 Å². The number of nitrogens with one attached hydrogen (secondary N) is 1. The number of anilines is 1. The molecule has 1 aromatic heterocycles. The van der Waals surface area contributed by atoms with Gasteiger partial charge in [0.05, 0.1) is 16.7 Å². The van der Waals surface area contributed by atoms with Gasteiger partial charge in [0.15, 0.2) is 6.10 Å². The highest BCUT2D eigenvalue weighted by molar-refractivity contribution is 6.30. The first kappa shape index (κ1) is 29.1. The predicted octanol–water partition coefficient (Wildman–Crippen LogP) is 7.54. The lowest BCUT2D eigenvalue weighted by atomic mass is 9.91. The number of pyridine rings is 1. The molecule has 0 bridgehead atoms. The van der Waals surface area contributed by atoms with Gasteiger partial charge in [0.2, 0.25) is 0 Å². The maximum absolute atomic E-state index is 13.6. The first-order chi connectivity index (χ1) is 17.5. The summed E-state index contributed by atoms with van der Waals surface area (Å²) in [5.74, 6) is -2.24. The van der Waals surface area contributed by atoms with Crippen LogP contribution in [0, 0.1) is 20.8 Å². The number of carboxylic acid groups (broad SMARTS) is 1. The highest BCUT2D eigenvalue weighted by Gasteiger charge is 2.36. The molecule has 38 heavy (non-hydrogen) atoms. The van der Waals surface area contributed by atoms with Crippen molar-refractivity contribution in [2.75, 3.05) is 5.32 Å². The summed E-state index contributed by atoms with van der Waals surface area (Å²) in [5, 5.41) is 13.0. The van der Waals surface area contributed by atoms with Crippen LogP contribution < -0.4 is 5.32 Å². The Hall–Kier alpha value is -3.43. The number of rotatable bonds is 6. The van der Waals surface area contributed by atoms with Gasteiger partial charge in [-0.15, -0.1) is 0 Å². The third-order valence-corrected chi connectivity index (χ3v) is 5.97. The number of nitrogens with zero attached hydrogens (tertiary/aromatic N) is 1. The Kier molecular flexibility index (Phi) is 8.24. The molecule has 0 aliphatic rings. The summed E-state index contributed by atoms with van der Waals surface area (Å²) < 4.78 is 46.7. The number of amides is 1. The van der Waals surface area contributed by atoms with Gasteiger partial charge >= 0.3 is 12.1 Å². The molecule has 0 unspecified atom stereocenters. The highest BCUT2D eigenvalue weighted by atomic mass is 35.5. The molecule has 1 amide bonds. The second-order valence-electron chi connectivity index (χ2n) is 9.92. The number of aryl methyl sites for hydroxylation is 2. The summed E-state index contributed by atoms with van der Waals surface area (Å²) in [6.07, 6.45) is -6.15. The molecule has 0 spiro atoms. The van der Waals surface area contributed by atoms with Crippen LogP contribution in [0.3, 0.4) is 0 Å². The standard InChI is InChI=1S/C28H28ClF3N2O4/c1-14-7-12-20(28(30,31)32)19(13-14)25(35)34-24-15(2)21(17-8-10-18(29)11-9-17)22(16(3)33-24)23(26(36)37)38-27(4,5)6/h7-13,23H,1-6H3,(H,36,37)(H,33,34,35)/t23-/m0/s1. The largest absolute Gasteiger partial charge is 0.479 e. The molecule has 2 aromatic carbocycles. The first-order valence-electron chi connectivity index (χ1n) is 11.7. The number of halogens is 4. The van der Waals surface area contributed by atoms with E-state index in [1.807, 2.05) is 0 Å². The average Bonchev–Trinajstić information content (AvgIpc) is 2.78. The van der Waals surface area contributed by atoms with Gasteiger partial charge < -0.3 is 15.2 Å². The molecule has 0 saturated carbocycles. The maximum atomic E-state index is 13.6. The lowest BCUT2D eigenvalue weighted by Gasteiger charge is -2.29. The van der Waals surface area contributed by atoms with Crippen LogP contribution in [0.15, 0.2) is 42.5 Å². The van der Waals surface area contributed by atoms with Gasteiger partial charge in [-0.05, 0) is 76.9 Å². The molecule has 3 rings (SSSR count). The molecular formula is C28H28ClF3N2O4. The van der Waals surface area contributed by atoms with Crippen LogP contribution in [0.4, 0.5) is 19.0 Å². The Morgan fingerprint density at radius 3 is 2.16 bits per heavy atom. The summed E-state index contributed by atoms with van der Waals surface area (Å²) in [7, 11) is 0. The van der Waals surface area contributed by atoms with E-state index in [9.17, 15) is 27.9 Å². The third kappa shape index (κ3) is 6.52. The summed E-state index contributed by atoms with van der Waals surface area (Å²) in [5.41, 5.74) is -0.144. The van der Waals surface area contributed by atoms with Crippen LogP contribution in [0.1, 0.15) is 65.2 Å². The lowest BCUT2D eigenvalue weighted by molar-refractivity contribution is -0.160. The summed E-state index contributed by atoms with van der Waals surface area (Å²) in [4.78, 5) is 29.9. The summed E-state index contributed by atoms with van der Waals surface area (Å²) in [6.45, 7) is 9.89. The fraction of sp³-hybridized carbons (Fsp3) is 0.321. The van der Waals surface area contributed by atoms with Crippen molar-refractivity contribution in [2.45, 2.75) is 59.4 Å². The number of hydrogen-bond donors (Lipinski definition) is 2. The summed E-state index contributed by atoms with van der Waals surface area (Å²) >= 11 is 6.06. The minimum Gasteiger partial charge on any atom is -0.479 e. The quantitative estimate of drug-likeness (QED) is 0.332. The molecule has 10 heteroatoms. The SMILES string of the molecule is Cc1ccc(C(F)(F)F)c(C(=O)Nc2nc(C)c([C@H](OC(C)(C)C)C(=O)O)c(-c3ccc(Cl)cc3)c2C)c1. The molecule has 0 aliphatic heterocycles. The highest BCUT2D eigenvalue weighted by Crippen LogP contribution is 2.40. The number of aromatic nitrogens is 1. The van der Waals surface area contributed by atoms with Crippen LogP contribution in [-0.4, -0.2) is 27.6 Å². The van der Waals surface area contributed by atoms with E-state index in [4.69, 9.17) is 16.3 Å². The van der Waals surface area contributed by atoms with E-state index in [0.717, 1.165) is 12.1 Å². The fourth-order valence-corrected chi connectivity index (χ4v) is 4.22. The minimum absolute atomic E-state index is 0.00396. The molecule has 0 saturated heterocycles. The monoisotopic (exact) mass is 548 g/mol. The number of carboxylic acids is 1. The molecule has 0 radical (unpaired) electrons. The molecular weight excluding hydrogens is 521 g/mol. The van der Waals surface area contributed by atoms with Crippen molar-refractivity contribution in [3.8, 4) is 11.1 Å². The first-order valence-corrected chi connectivity index (χ1v) is 12.0. The normalized spacial score (nSPS) is 12.8. The number of ether oxygens (including phenoxy) is 1. The van der Waals surface area contributed by atoms with Gasteiger partial charge in [0, 0.05) is 21.8 Å². The Morgan fingerprint density at radius 1 is 1.03 bits per heavy atom. The molecule has 202 valence electrons. The van der Waals surface area contributed by atoms with Gasteiger partial charge in [0.1, 0.15) is 5.82 Å². The molecule has 0 aliphatic carbocycles. The van der Waals surface area contributed by atoms with Crippen LogP contribution in [0.5, 0.6) is 0 Å². The van der Waals surface area contributed by atoms with Crippen LogP contribution in [0.25, 0.3) is 11.1 Å². The molecule has 3 aromatic rings. The van der Waals surface area contributed by atoms with Crippen LogP contribution in [-0.2, 0) is 15.7 Å². The zero-order valence-corrected chi connectivity index (χ0v) is 22.5. The fourth-order valence-electron chi connectivity index (χ4n) is 4.10. The molecule has 6 nitrogen and oxygen atoms in total. The van der Waals surface area contributed by atoms with Crippen molar-refractivity contribution in [1.82, 2.24) is 4.98 Å². The molecule has 2 N–H and O–H groups in total. The topological polar surface area (TPSA) is 88.5 Å². The smallest absolute Gasteiger partial charge is 0.417 e.